The molecule has 0 radical (unpaired) electrons. The first-order valence-electron chi connectivity index (χ1n) is 12.5. The molecule has 0 saturated heterocycles. The van der Waals surface area contributed by atoms with Gasteiger partial charge in [0.15, 0.2) is 0 Å². The zero-order valence-electron chi connectivity index (χ0n) is 21.0. The van der Waals surface area contributed by atoms with E-state index in [-0.39, 0.29) is 30.1 Å². The van der Waals surface area contributed by atoms with E-state index in [1.807, 2.05) is 31.2 Å². The SMILES string of the molecule is COc1ccc(CNC(=O)c2cc(C)cc3c2C(=O)N(Cc2ccco2)C2(CCCC2)[C@@H]3C(=O)O)cc1. The molecule has 2 heterocycles. The van der Waals surface area contributed by atoms with Crippen LogP contribution >= 0.6 is 0 Å². The molecule has 2 aliphatic rings. The molecule has 0 bridgehead atoms. The number of carboxylic acids is 1. The number of fused-ring (bicyclic) bond motifs is 1. The predicted molar refractivity (Wildman–Crippen MR) is 136 cm³/mol. The van der Waals surface area contributed by atoms with E-state index in [1.165, 1.54) is 6.26 Å². The molecule has 2 aromatic carbocycles. The third-order valence-electron chi connectivity index (χ3n) is 7.63. The summed E-state index contributed by atoms with van der Waals surface area (Å²) in [7, 11) is 1.59. The number of ether oxygens (including phenoxy) is 1. The minimum atomic E-state index is -0.990. The van der Waals surface area contributed by atoms with Crippen molar-refractivity contribution in [3.05, 3.63) is 88.4 Å². The summed E-state index contributed by atoms with van der Waals surface area (Å²) in [6, 6.07) is 14.3. The number of carbonyl (C=O) groups is 3. The van der Waals surface area contributed by atoms with Crippen LogP contribution < -0.4 is 10.1 Å². The monoisotopic (exact) mass is 502 g/mol. The smallest absolute Gasteiger partial charge is 0.313 e. The Bertz CT molecular complexity index is 1320. The van der Waals surface area contributed by atoms with Crippen molar-refractivity contribution in [3.63, 3.8) is 0 Å². The molecule has 37 heavy (non-hydrogen) atoms. The number of furan rings is 1. The molecule has 1 saturated carbocycles. The average Bonchev–Trinajstić information content (AvgIpc) is 3.57. The third-order valence-corrected chi connectivity index (χ3v) is 7.63. The maximum Gasteiger partial charge on any atom is 0.313 e. The minimum Gasteiger partial charge on any atom is -0.497 e. The molecule has 1 atom stereocenters. The Labute approximate surface area is 215 Å². The molecule has 8 heteroatoms. The highest BCUT2D eigenvalue weighted by molar-refractivity contribution is 6.10. The number of methoxy groups -OCH3 is 1. The van der Waals surface area contributed by atoms with Crippen molar-refractivity contribution in [2.45, 2.75) is 57.2 Å². The molecule has 0 unspecified atom stereocenters. The van der Waals surface area contributed by atoms with Gasteiger partial charge < -0.3 is 24.5 Å². The van der Waals surface area contributed by atoms with Gasteiger partial charge in [0.05, 0.1) is 36.6 Å². The molecule has 1 spiro atoms. The molecule has 1 aliphatic heterocycles. The Kier molecular flexibility index (Phi) is 6.50. The highest BCUT2D eigenvalue weighted by atomic mass is 16.5. The van der Waals surface area contributed by atoms with E-state index in [4.69, 9.17) is 9.15 Å². The first kappa shape index (κ1) is 24.6. The topological polar surface area (TPSA) is 109 Å². The second-order valence-corrected chi connectivity index (χ2v) is 9.86. The van der Waals surface area contributed by atoms with Gasteiger partial charge >= 0.3 is 5.97 Å². The molecule has 192 valence electrons. The standard InChI is InChI=1S/C29H30N2O6/c1-18-14-22-24(23(15-18)26(32)30-16-19-7-9-20(36-2)10-8-19)27(33)31(17-21-6-5-13-37-21)29(11-3-4-12-29)25(22)28(34)35/h5-10,13-15,25H,3-4,11-12,16-17H2,1-2H3,(H,30,32)(H,34,35)/t25-/m0/s1. The Morgan fingerprint density at radius 1 is 1.16 bits per heavy atom. The lowest BCUT2D eigenvalue weighted by atomic mass is 9.70. The molecule has 2 N–H and O–H groups in total. The summed E-state index contributed by atoms with van der Waals surface area (Å²) < 4.78 is 10.7. The van der Waals surface area contributed by atoms with Crippen molar-refractivity contribution in [1.82, 2.24) is 10.2 Å². The second kappa shape index (κ2) is 9.76. The fraction of sp³-hybridized carbons (Fsp3) is 0.345. The first-order chi connectivity index (χ1) is 17.8. The van der Waals surface area contributed by atoms with Crippen molar-refractivity contribution in [3.8, 4) is 5.75 Å². The number of nitrogens with zero attached hydrogens (tertiary/aromatic N) is 1. The van der Waals surface area contributed by atoms with Gasteiger partial charge in [0.2, 0.25) is 0 Å². The first-order valence-corrected chi connectivity index (χ1v) is 12.5. The van der Waals surface area contributed by atoms with Gasteiger partial charge in [-0.25, -0.2) is 0 Å². The fourth-order valence-corrected chi connectivity index (χ4v) is 5.96. The summed E-state index contributed by atoms with van der Waals surface area (Å²) in [4.78, 5) is 42.1. The predicted octanol–water partition coefficient (Wildman–Crippen LogP) is 4.66. The van der Waals surface area contributed by atoms with Gasteiger partial charge in [0.25, 0.3) is 11.8 Å². The highest BCUT2D eigenvalue weighted by Gasteiger charge is 2.56. The van der Waals surface area contributed by atoms with Gasteiger partial charge in [-0.15, -0.1) is 0 Å². The lowest BCUT2D eigenvalue weighted by Crippen LogP contribution is -2.59. The number of amides is 2. The van der Waals surface area contributed by atoms with Gasteiger partial charge in [-0.3, -0.25) is 14.4 Å². The Morgan fingerprint density at radius 2 is 1.89 bits per heavy atom. The van der Waals surface area contributed by atoms with Crippen LogP contribution in [0.25, 0.3) is 0 Å². The van der Waals surface area contributed by atoms with E-state index in [1.54, 1.807) is 36.3 Å². The van der Waals surface area contributed by atoms with Crippen LogP contribution in [0.2, 0.25) is 0 Å². The molecule has 8 nitrogen and oxygen atoms in total. The quantitative estimate of drug-likeness (QED) is 0.486. The van der Waals surface area contributed by atoms with E-state index in [0.717, 1.165) is 24.0 Å². The van der Waals surface area contributed by atoms with Crippen LogP contribution in [-0.2, 0) is 17.9 Å². The number of nitrogens with one attached hydrogen (secondary N) is 1. The number of aryl methyl sites for hydroxylation is 1. The van der Waals surface area contributed by atoms with Gasteiger partial charge in [-0.05, 0) is 66.8 Å². The van der Waals surface area contributed by atoms with Crippen LogP contribution in [0.15, 0.2) is 59.2 Å². The molecule has 1 fully saturated rings. The van der Waals surface area contributed by atoms with Crippen molar-refractivity contribution >= 4 is 17.8 Å². The van der Waals surface area contributed by atoms with Gasteiger partial charge in [-0.2, -0.15) is 0 Å². The molecule has 1 aromatic heterocycles. The van der Waals surface area contributed by atoms with Crippen molar-refractivity contribution < 1.29 is 28.6 Å². The summed E-state index contributed by atoms with van der Waals surface area (Å²) in [5.41, 5.74) is 1.51. The number of carboxylic acid groups (broad SMARTS) is 1. The number of rotatable bonds is 7. The van der Waals surface area contributed by atoms with Crippen LogP contribution in [0.4, 0.5) is 0 Å². The van der Waals surface area contributed by atoms with Gasteiger partial charge in [0, 0.05) is 6.54 Å². The second-order valence-electron chi connectivity index (χ2n) is 9.86. The van der Waals surface area contributed by atoms with Gasteiger partial charge in [-0.1, -0.05) is 31.0 Å². The number of hydrogen-bond acceptors (Lipinski definition) is 5. The zero-order valence-corrected chi connectivity index (χ0v) is 21.0. The fourth-order valence-electron chi connectivity index (χ4n) is 5.96. The van der Waals surface area contributed by atoms with Crippen LogP contribution in [0, 0.1) is 6.92 Å². The number of aliphatic carboxylic acids is 1. The largest absolute Gasteiger partial charge is 0.497 e. The van der Waals surface area contributed by atoms with Crippen LogP contribution in [0.1, 0.15) is 74.8 Å². The lowest BCUT2D eigenvalue weighted by Gasteiger charge is -2.49. The molecule has 3 aromatic rings. The number of benzene rings is 2. The van der Waals surface area contributed by atoms with E-state index in [9.17, 15) is 19.5 Å². The lowest BCUT2D eigenvalue weighted by molar-refractivity contribution is -0.143. The van der Waals surface area contributed by atoms with E-state index in [2.05, 4.69) is 5.32 Å². The van der Waals surface area contributed by atoms with E-state index in [0.29, 0.717) is 29.9 Å². The summed E-state index contributed by atoms with van der Waals surface area (Å²) in [6.45, 7) is 2.22. The zero-order chi connectivity index (χ0) is 26.2. The maximum absolute atomic E-state index is 14.2. The Hall–Kier alpha value is -4.07. The summed E-state index contributed by atoms with van der Waals surface area (Å²) in [5.74, 6) is -1.40. The summed E-state index contributed by atoms with van der Waals surface area (Å²) >= 11 is 0. The molecular formula is C29H30N2O6. The van der Waals surface area contributed by atoms with Crippen molar-refractivity contribution in [2.24, 2.45) is 0 Å². The van der Waals surface area contributed by atoms with Crippen molar-refractivity contribution in [1.29, 1.82) is 0 Å². The van der Waals surface area contributed by atoms with E-state index < -0.39 is 23.3 Å². The summed E-state index contributed by atoms with van der Waals surface area (Å²) in [5, 5.41) is 13.4. The highest BCUT2D eigenvalue weighted by Crippen LogP contribution is 2.51. The minimum absolute atomic E-state index is 0.149. The number of carbonyl (C=O) groups excluding carboxylic acids is 2. The molecule has 5 rings (SSSR count). The van der Waals surface area contributed by atoms with Gasteiger partial charge in [0.1, 0.15) is 17.4 Å². The summed E-state index contributed by atoms with van der Waals surface area (Å²) in [6.07, 6.45) is 4.38. The maximum atomic E-state index is 14.2. The molecule has 1 aliphatic carbocycles. The third kappa shape index (κ3) is 4.37. The van der Waals surface area contributed by atoms with Crippen LogP contribution in [0.3, 0.4) is 0 Å². The molecular weight excluding hydrogens is 472 g/mol. The normalized spacial score (nSPS) is 18.1. The molecule has 2 amide bonds. The van der Waals surface area contributed by atoms with Crippen LogP contribution in [0.5, 0.6) is 5.75 Å². The van der Waals surface area contributed by atoms with Crippen LogP contribution in [-0.4, -0.2) is 40.4 Å². The van der Waals surface area contributed by atoms with E-state index >= 15 is 0 Å². The number of hydrogen-bond donors (Lipinski definition) is 2. The Balaban J connectivity index is 1.56. The Morgan fingerprint density at radius 3 is 2.51 bits per heavy atom. The van der Waals surface area contributed by atoms with Crippen molar-refractivity contribution in [2.75, 3.05) is 7.11 Å². The average molecular weight is 503 g/mol.